The van der Waals surface area contributed by atoms with Gasteiger partial charge in [-0.25, -0.2) is 4.79 Å². The van der Waals surface area contributed by atoms with Crippen molar-refractivity contribution in [2.45, 2.75) is 32.6 Å². The van der Waals surface area contributed by atoms with Gasteiger partial charge in [-0.05, 0) is 54.5 Å². The van der Waals surface area contributed by atoms with E-state index in [1.54, 1.807) is 6.08 Å². The zero-order chi connectivity index (χ0) is 20.4. The van der Waals surface area contributed by atoms with E-state index in [1.807, 2.05) is 18.2 Å². The number of hydrogen-bond acceptors (Lipinski definition) is 6. The van der Waals surface area contributed by atoms with Crippen LogP contribution in [0.4, 0.5) is 5.00 Å². The number of fused-ring (bicyclic) bond motifs is 2. The van der Waals surface area contributed by atoms with Crippen molar-refractivity contribution in [1.82, 2.24) is 0 Å². The molecule has 6 nitrogen and oxygen atoms in total. The normalized spacial score (nSPS) is 17.2. The molecule has 0 radical (unpaired) electrons. The Balaban J connectivity index is 1.53. The maximum atomic E-state index is 12.5. The zero-order valence-electron chi connectivity index (χ0n) is 16.4. The summed E-state index contributed by atoms with van der Waals surface area (Å²) >= 11 is 1.49. The van der Waals surface area contributed by atoms with Crippen LogP contribution in [0.15, 0.2) is 24.3 Å². The first-order valence-electron chi connectivity index (χ1n) is 9.70. The van der Waals surface area contributed by atoms with E-state index in [-0.39, 0.29) is 12.7 Å². The highest BCUT2D eigenvalue weighted by Gasteiger charge is 2.29. The van der Waals surface area contributed by atoms with Gasteiger partial charge in [-0.3, -0.25) is 4.79 Å². The van der Waals surface area contributed by atoms with Crippen LogP contribution in [0.1, 0.15) is 46.1 Å². The molecule has 1 amide bonds. The predicted molar refractivity (Wildman–Crippen MR) is 112 cm³/mol. The Hall–Kier alpha value is -2.80. The van der Waals surface area contributed by atoms with Gasteiger partial charge in [0.05, 0.1) is 12.7 Å². The van der Waals surface area contributed by atoms with E-state index < -0.39 is 5.97 Å². The van der Waals surface area contributed by atoms with Crippen LogP contribution in [0.3, 0.4) is 0 Å². The monoisotopic (exact) mass is 413 g/mol. The minimum absolute atomic E-state index is 0.210. The molecule has 0 unspecified atom stereocenters. The molecule has 1 aliphatic heterocycles. The van der Waals surface area contributed by atoms with Gasteiger partial charge in [0.15, 0.2) is 11.5 Å². The van der Waals surface area contributed by atoms with Crippen molar-refractivity contribution in [2.24, 2.45) is 5.92 Å². The molecule has 0 saturated carbocycles. The minimum Gasteiger partial charge on any atom is -0.465 e. The number of ether oxygens (including phenoxy) is 3. The van der Waals surface area contributed by atoms with Gasteiger partial charge in [-0.1, -0.05) is 19.4 Å². The van der Waals surface area contributed by atoms with Gasteiger partial charge in [0.25, 0.3) is 0 Å². The third kappa shape index (κ3) is 4.00. The van der Waals surface area contributed by atoms with Crippen LogP contribution in [-0.2, 0) is 22.4 Å². The van der Waals surface area contributed by atoms with E-state index in [2.05, 4.69) is 12.2 Å². The van der Waals surface area contributed by atoms with Gasteiger partial charge in [0.1, 0.15) is 5.00 Å². The Bertz CT molecular complexity index is 978. The molecular weight excluding hydrogens is 390 g/mol. The van der Waals surface area contributed by atoms with Gasteiger partial charge >= 0.3 is 5.97 Å². The average molecular weight is 413 g/mol. The van der Waals surface area contributed by atoms with Crippen LogP contribution in [0.25, 0.3) is 6.08 Å². The second-order valence-corrected chi connectivity index (χ2v) is 8.26. The third-order valence-electron chi connectivity index (χ3n) is 5.39. The summed E-state index contributed by atoms with van der Waals surface area (Å²) in [5, 5.41) is 3.44. The second kappa shape index (κ2) is 8.29. The lowest BCUT2D eigenvalue weighted by atomic mass is 9.86. The highest BCUT2D eigenvalue weighted by Crippen LogP contribution is 2.40. The fourth-order valence-corrected chi connectivity index (χ4v) is 5.10. The average Bonchev–Trinajstić information content (AvgIpc) is 3.34. The van der Waals surface area contributed by atoms with Crippen molar-refractivity contribution in [3.05, 3.63) is 45.8 Å². The Kier molecular flexibility index (Phi) is 5.58. The number of carbonyl (C=O) groups excluding carboxylic acids is 2. The molecule has 2 aromatic rings. The molecule has 0 bridgehead atoms. The topological polar surface area (TPSA) is 73.9 Å². The first-order valence-corrected chi connectivity index (χ1v) is 10.5. The smallest absolute Gasteiger partial charge is 0.341 e. The molecule has 1 N–H and O–H groups in total. The quantitative estimate of drug-likeness (QED) is 0.580. The maximum Gasteiger partial charge on any atom is 0.341 e. The van der Waals surface area contributed by atoms with Crippen LogP contribution < -0.4 is 14.8 Å². The standard InChI is InChI=1S/C22H23NO5S/c1-3-13-4-7-15-18(11-13)29-21(20(15)22(25)26-2)23-19(24)9-6-14-5-8-16-17(10-14)28-12-27-16/h5-6,8-10,13H,3-4,7,11-12H2,1-2H3,(H,23,24)/b9-6-/t13-/m0/s1. The lowest BCUT2D eigenvalue weighted by Crippen LogP contribution is -2.15. The molecule has 1 aromatic heterocycles. The van der Waals surface area contributed by atoms with Gasteiger partial charge < -0.3 is 19.5 Å². The summed E-state index contributed by atoms with van der Waals surface area (Å²) in [7, 11) is 1.37. The lowest BCUT2D eigenvalue weighted by molar-refractivity contribution is -0.111. The molecule has 2 aliphatic rings. The van der Waals surface area contributed by atoms with E-state index in [9.17, 15) is 9.59 Å². The summed E-state index contributed by atoms with van der Waals surface area (Å²) in [6.45, 7) is 2.40. The molecule has 2 heterocycles. The largest absolute Gasteiger partial charge is 0.465 e. The molecule has 29 heavy (non-hydrogen) atoms. The Morgan fingerprint density at radius 2 is 2.14 bits per heavy atom. The molecule has 1 aliphatic carbocycles. The van der Waals surface area contributed by atoms with Crippen molar-refractivity contribution in [1.29, 1.82) is 0 Å². The highest BCUT2D eigenvalue weighted by molar-refractivity contribution is 7.17. The number of hydrogen-bond donors (Lipinski definition) is 1. The molecule has 7 heteroatoms. The maximum absolute atomic E-state index is 12.5. The van der Waals surface area contributed by atoms with Crippen LogP contribution in [0, 0.1) is 5.92 Å². The molecular formula is C22H23NO5S. The molecule has 0 fully saturated rings. The number of amides is 1. The summed E-state index contributed by atoms with van der Waals surface area (Å²) in [5.41, 5.74) is 2.36. The summed E-state index contributed by atoms with van der Waals surface area (Å²) in [6.07, 6.45) is 7.12. The Morgan fingerprint density at radius 3 is 2.93 bits per heavy atom. The Morgan fingerprint density at radius 1 is 1.31 bits per heavy atom. The number of thiophene rings is 1. The molecule has 4 rings (SSSR count). The SMILES string of the molecule is CC[C@H]1CCc2c(sc(NC(=O)/C=C\c3ccc4c(c3)OCO4)c2C(=O)OC)C1. The van der Waals surface area contributed by atoms with Gasteiger partial charge in [0.2, 0.25) is 12.7 Å². The van der Waals surface area contributed by atoms with E-state index >= 15 is 0 Å². The molecule has 0 spiro atoms. The third-order valence-corrected chi connectivity index (χ3v) is 6.56. The van der Waals surface area contributed by atoms with E-state index in [0.717, 1.165) is 36.8 Å². The minimum atomic E-state index is -0.396. The predicted octanol–water partition coefficient (Wildman–Crippen LogP) is 4.43. The first-order chi connectivity index (χ1) is 14.1. The fraction of sp³-hybridized carbons (Fsp3) is 0.364. The summed E-state index contributed by atoms with van der Waals surface area (Å²) < 4.78 is 15.6. The van der Waals surface area contributed by atoms with Gasteiger partial charge in [-0.2, -0.15) is 0 Å². The van der Waals surface area contributed by atoms with Crippen LogP contribution in [0.5, 0.6) is 11.5 Å². The summed E-state index contributed by atoms with van der Waals surface area (Å²) in [4.78, 5) is 26.1. The second-order valence-electron chi connectivity index (χ2n) is 7.15. The summed E-state index contributed by atoms with van der Waals surface area (Å²) in [6, 6.07) is 5.49. The van der Waals surface area contributed by atoms with Gasteiger partial charge in [0, 0.05) is 11.0 Å². The first kappa shape index (κ1) is 19.5. The number of benzene rings is 1. The van der Waals surface area contributed by atoms with E-state index in [0.29, 0.717) is 28.0 Å². The number of esters is 1. The zero-order valence-corrected chi connectivity index (χ0v) is 17.3. The molecule has 152 valence electrons. The molecule has 1 aromatic carbocycles. The van der Waals surface area contributed by atoms with E-state index in [1.165, 1.54) is 29.4 Å². The van der Waals surface area contributed by atoms with Gasteiger partial charge in [-0.15, -0.1) is 11.3 Å². The lowest BCUT2D eigenvalue weighted by Gasteiger charge is -2.20. The van der Waals surface area contributed by atoms with Crippen LogP contribution in [-0.4, -0.2) is 25.8 Å². The van der Waals surface area contributed by atoms with E-state index in [4.69, 9.17) is 14.2 Å². The van der Waals surface area contributed by atoms with Crippen molar-refractivity contribution >= 4 is 34.3 Å². The molecule has 1 atom stereocenters. The molecule has 0 saturated heterocycles. The van der Waals surface area contributed by atoms with Crippen LogP contribution >= 0.6 is 11.3 Å². The van der Waals surface area contributed by atoms with Crippen LogP contribution in [0.2, 0.25) is 0 Å². The fourth-order valence-electron chi connectivity index (χ4n) is 3.75. The van der Waals surface area contributed by atoms with Crippen molar-refractivity contribution in [2.75, 3.05) is 19.2 Å². The Labute approximate surface area is 173 Å². The van der Waals surface area contributed by atoms with Crippen molar-refractivity contribution < 1.29 is 23.8 Å². The number of methoxy groups -OCH3 is 1. The van der Waals surface area contributed by atoms with Crippen molar-refractivity contribution in [3.63, 3.8) is 0 Å². The number of anilines is 1. The number of carbonyl (C=O) groups is 2. The summed E-state index contributed by atoms with van der Waals surface area (Å²) in [5.74, 6) is 1.30. The number of rotatable bonds is 5. The van der Waals surface area contributed by atoms with Crippen molar-refractivity contribution in [3.8, 4) is 11.5 Å². The highest BCUT2D eigenvalue weighted by atomic mass is 32.1. The number of nitrogens with one attached hydrogen (secondary N) is 1.